The van der Waals surface area contributed by atoms with E-state index in [-0.39, 0.29) is 29.4 Å². The second-order valence-electron chi connectivity index (χ2n) is 7.17. The van der Waals surface area contributed by atoms with Crippen LogP contribution in [-0.2, 0) is 17.1 Å². The molecule has 158 valence electrons. The van der Waals surface area contributed by atoms with Crippen LogP contribution in [0, 0.1) is 11.8 Å². The zero-order valence-corrected chi connectivity index (χ0v) is 17.2. The van der Waals surface area contributed by atoms with Gasteiger partial charge >= 0.3 is 0 Å². The molecule has 6 nitrogen and oxygen atoms in total. The maximum Gasteiger partial charge on any atom is 0.280 e. The van der Waals surface area contributed by atoms with Gasteiger partial charge in [0.2, 0.25) is 5.95 Å². The number of aromatic nitrogens is 2. The highest BCUT2D eigenvalue weighted by Crippen LogP contribution is 2.39. The number of ether oxygens (including phenoxy) is 1. The fourth-order valence-electron chi connectivity index (χ4n) is 3.88. The van der Waals surface area contributed by atoms with Crippen molar-refractivity contribution in [1.29, 1.82) is 0 Å². The van der Waals surface area contributed by atoms with Crippen LogP contribution in [0.25, 0.3) is 22.0 Å². The highest BCUT2D eigenvalue weighted by atomic mass is 32.2. The number of benzene rings is 2. The SMILES string of the molecule is Cn1c(S(=O)(=O)N2CCOc3ccc(-c4ccnc(F)c4F)cc32)cc2ccccc21. The van der Waals surface area contributed by atoms with E-state index in [4.69, 9.17) is 4.74 Å². The van der Waals surface area contributed by atoms with Gasteiger partial charge in [0.1, 0.15) is 12.4 Å². The van der Waals surface area contributed by atoms with Crippen molar-refractivity contribution in [3.63, 3.8) is 0 Å². The van der Waals surface area contributed by atoms with Gasteiger partial charge in [-0.2, -0.15) is 12.8 Å². The molecular formula is C22H17F2N3O3S. The lowest BCUT2D eigenvalue weighted by molar-refractivity contribution is 0.316. The number of hydrogen-bond acceptors (Lipinski definition) is 4. The van der Waals surface area contributed by atoms with Gasteiger partial charge in [-0.3, -0.25) is 4.31 Å². The molecule has 4 aromatic rings. The number of halogens is 2. The van der Waals surface area contributed by atoms with E-state index < -0.39 is 21.8 Å². The summed E-state index contributed by atoms with van der Waals surface area (Å²) in [6.07, 6.45) is 1.16. The molecule has 3 heterocycles. The summed E-state index contributed by atoms with van der Waals surface area (Å²) in [6.45, 7) is 0.265. The van der Waals surface area contributed by atoms with Crippen molar-refractivity contribution in [3.05, 3.63) is 72.6 Å². The number of rotatable bonds is 3. The van der Waals surface area contributed by atoms with Crippen LogP contribution < -0.4 is 9.04 Å². The van der Waals surface area contributed by atoms with Gasteiger partial charge in [-0.15, -0.1) is 0 Å². The number of sulfonamides is 1. The Morgan fingerprint density at radius 2 is 1.87 bits per heavy atom. The minimum atomic E-state index is -3.95. The van der Waals surface area contributed by atoms with Crippen LogP contribution in [0.2, 0.25) is 0 Å². The zero-order valence-electron chi connectivity index (χ0n) is 16.4. The van der Waals surface area contributed by atoms with E-state index in [2.05, 4.69) is 4.98 Å². The molecule has 31 heavy (non-hydrogen) atoms. The molecule has 0 saturated carbocycles. The third-order valence-corrected chi connectivity index (χ3v) is 7.28. The summed E-state index contributed by atoms with van der Waals surface area (Å²) in [5.41, 5.74) is 1.37. The third-order valence-electron chi connectivity index (χ3n) is 5.40. The molecule has 0 atom stereocenters. The number of hydrogen-bond donors (Lipinski definition) is 0. The molecular weight excluding hydrogens is 424 g/mol. The fraction of sp³-hybridized carbons (Fsp3) is 0.136. The molecule has 0 aliphatic carbocycles. The van der Waals surface area contributed by atoms with Crippen molar-refractivity contribution >= 4 is 26.6 Å². The number of anilines is 1. The molecule has 5 rings (SSSR count). The molecule has 0 bridgehead atoms. The van der Waals surface area contributed by atoms with E-state index in [9.17, 15) is 17.2 Å². The average molecular weight is 441 g/mol. The Morgan fingerprint density at radius 3 is 2.68 bits per heavy atom. The number of para-hydroxylation sites is 1. The van der Waals surface area contributed by atoms with Crippen molar-refractivity contribution in [3.8, 4) is 16.9 Å². The first-order valence-corrected chi connectivity index (χ1v) is 11.0. The summed E-state index contributed by atoms with van der Waals surface area (Å²) in [6, 6.07) is 15.0. The van der Waals surface area contributed by atoms with Gasteiger partial charge in [0.25, 0.3) is 10.0 Å². The molecule has 1 aliphatic heterocycles. The first-order valence-electron chi connectivity index (χ1n) is 9.52. The van der Waals surface area contributed by atoms with E-state index in [0.717, 1.165) is 17.1 Å². The molecule has 0 fully saturated rings. The normalized spacial score (nSPS) is 13.8. The highest BCUT2D eigenvalue weighted by molar-refractivity contribution is 7.92. The summed E-state index contributed by atoms with van der Waals surface area (Å²) < 4.78 is 63.6. The Bertz CT molecular complexity index is 1430. The van der Waals surface area contributed by atoms with E-state index in [1.807, 2.05) is 24.3 Å². The minimum Gasteiger partial charge on any atom is -0.489 e. The molecule has 0 spiro atoms. The topological polar surface area (TPSA) is 64.4 Å². The van der Waals surface area contributed by atoms with Crippen LogP contribution in [-0.4, -0.2) is 31.1 Å². The molecule has 9 heteroatoms. The van der Waals surface area contributed by atoms with Crippen LogP contribution in [0.1, 0.15) is 0 Å². The van der Waals surface area contributed by atoms with Crippen molar-refractivity contribution in [1.82, 2.24) is 9.55 Å². The van der Waals surface area contributed by atoms with Gasteiger partial charge < -0.3 is 9.30 Å². The van der Waals surface area contributed by atoms with E-state index in [1.54, 1.807) is 29.8 Å². The lowest BCUT2D eigenvalue weighted by Crippen LogP contribution is -2.38. The lowest BCUT2D eigenvalue weighted by atomic mass is 10.0. The zero-order chi connectivity index (χ0) is 21.8. The minimum absolute atomic E-state index is 0.0113. The molecule has 0 amide bonds. The van der Waals surface area contributed by atoms with Gasteiger partial charge in [-0.1, -0.05) is 24.3 Å². The summed E-state index contributed by atoms with van der Waals surface area (Å²) in [5.74, 6) is -1.96. The Hall–Kier alpha value is -3.46. The molecule has 0 unspecified atom stereocenters. The van der Waals surface area contributed by atoms with Crippen molar-refractivity contribution in [2.75, 3.05) is 17.5 Å². The van der Waals surface area contributed by atoms with Crippen molar-refractivity contribution in [2.24, 2.45) is 7.05 Å². The van der Waals surface area contributed by atoms with Gasteiger partial charge in [-0.25, -0.2) is 9.37 Å². The van der Waals surface area contributed by atoms with Crippen LogP contribution in [0.4, 0.5) is 14.5 Å². The first kappa shape index (κ1) is 19.5. The van der Waals surface area contributed by atoms with E-state index >= 15 is 0 Å². The maximum atomic E-state index is 14.3. The molecule has 2 aromatic heterocycles. The quantitative estimate of drug-likeness (QED) is 0.449. The molecule has 0 N–H and O–H groups in total. The maximum absolute atomic E-state index is 14.3. The van der Waals surface area contributed by atoms with Crippen LogP contribution in [0.5, 0.6) is 5.75 Å². The van der Waals surface area contributed by atoms with Crippen LogP contribution >= 0.6 is 0 Å². The standard InChI is InChI=1S/C22H17F2N3O3S/c1-26-17-5-3-2-4-15(17)13-20(26)31(28,29)27-10-11-30-19-7-6-14(12-18(19)27)16-8-9-25-22(24)21(16)23/h2-9,12-13H,10-11H2,1H3. The average Bonchev–Trinajstić information content (AvgIpc) is 3.12. The smallest absolute Gasteiger partial charge is 0.280 e. The molecule has 0 radical (unpaired) electrons. The van der Waals surface area contributed by atoms with E-state index in [0.29, 0.717) is 11.3 Å². The monoisotopic (exact) mass is 441 g/mol. The molecule has 0 saturated heterocycles. The number of fused-ring (bicyclic) bond motifs is 2. The van der Waals surface area contributed by atoms with Crippen molar-refractivity contribution < 1.29 is 21.9 Å². The number of pyridine rings is 1. The molecule has 1 aliphatic rings. The second-order valence-corrected chi connectivity index (χ2v) is 8.98. The number of aryl methyl sites for hydroxylation is 1. The summed E-state index contributed by atoms with van der Waals surface area (Å²) >= 11 is 0. The Morgan fingerprint density at radius 1 is 1.06 bits per heavy atom. The number of nitrogens with zero attached hydrogens (tertiary/aromatic N) is 3. The largest absolute Gasteiger partial charge is 0.489 e. The highest BCUT2D eigenvalue weighted by Gasteiger charge is 2.33. The van der Waals surface area contributed by atoms with Gasteiger partial charge in [-0.05, 0) is 35.9 Å². The fourth-order valence-corrected chi connectivity index (χ4v) is 5.54. The Kier molecular flexibility index (Phi) is 4.44. The predicted molar refractivity (Wildman–Crippen MR) is 113 cm³/mol. The van der Waals surface area contributed by atoms with Crippen LogP contribution in [0.3, 0.4) is 0 Å². The molecule has 2 aromatic carbocycles. The van der Waals surface area contributed by atoms with Crippen molar-refractivity contribution in [2.45, 2.75) is 5.03 Å². The van der Waals surface area contributed by atoms with E-state index in [1.165, 1.54) is 16.4 Å². The predicted octanol–water partition coefficient (Wildman–Crippen LogP) is 4.11. The van der Waals surface area contributed by atoms with Gasteiger partial charge in [0, 0.05) is 29.7 Å². The second kappa shape index (κ2) is 7.05. The summed E-state index contributed by atoms with van der Waals surface area (Å²) in [5, 5.41) is 0.938. The third kappa shape index (κ3) is 3.04. The first-order chi connectivity index (χ1) is 14.9. The van der Waals surface area contributed by atoms with Gasteiger partial charge in [0.05, 0.1) is 12.2 Å². The summed E-state index contributed by atoms with van der Waals surface area (Å²) in [7, 11) is -2.25. The lowest BCUT2D eigenvalue weighted by Gasteiger charge is -2.31. The Labute approximate surface area is 177 Å². The summed E-state index contributed by atoms with van der Waals surface area (Å²) in [4.78, 5) is 3.30. The van der Waals surface area contributed by atoms with Gasteiger partial charge in [0.15, 0.2) is 10.8 Å². The Balaban J connectivity index is 1.65. The van der Waals surface area contributed by atoms with Crippen LogP contribution in [0.15, 0.2) is 65.8 Å².